The van der Waals surface area contributed by atoms with Crippen molar-refractivity contribution in [3.8, 4) is 5.75 Å². The quantitative estimate of drug-likeness (QED) is 0.642. The second-order valence-electron chi connectivity index (χ2n) is 4.75. The van der Waals surface area contributed by atoms with E-state index in [0.717, 1.165) is 11.3 Å². The fourth-order valence-electron chi connectivity index (χ4n) is 1.83. The Morgan fingerprint density at radius 1 is 1.24 bits per heavy atom. The number of benzene rings is 1. The van der Waals surface area contributed by atoms with E-state index in [4.69, 9.17) is 9.84 Å². The second kappa shape index (κ2) is 8.84. The van der Waals surface area contributed by atoms with Crippen LogP contribution in [-0.2, 0) is 4.79 Å². The van der Waals surface area contributed by atoms with Gasteiger partial charge in [-0.3, -0.25) is 4.79 Å². The number of urea groups is 1. The summed E-state index contributed by atoms with van der Waals surface area (Å²) in [5, 5.41) is 14.0. The van der Waals surface area contributed by atoms with Crippen molar-refractivity contribution in [3.05, 3.63) is 29.8 Å². The molecule has 2 amide bonds. The van der Waals surface area contributed by atoms with Crippen LogP contribution in [0.3, 0.4) is 0 Å². The Balaban J connectivity index is 2.28. The molecule has 1 aromatic carbocycles. The van der Waals surface area contributed by atoms with E-state index in [2.05, 4.69) is 10.6 Å². The predicted octanol–water partition coefficient (Wildman–Crippen LogP) is 2.31. The minimum Gasteiger partial charge on any atom is -0.497 e. The maximum atomic E-state index is 11.7. The van der Waals surface area contributed by atoms with E-state index in [-0.39, 0.29) is 18.5 Å². The number of amides is 2. The average Bonchev–Trinajstić information content (AvgIpc) is 2.46. The molecule has 0 aliphatic carbocycles. The number of nitrogens with one attached hydrogen (secondary N) is 2. The standard InChI is InChI=1S/C15H22N2O4/c1-11(12-6-8-13(21-2)9-7-12)17-15(20)16-10-4-3-5-14(18)19/h6-9,11H,3-5,10H2,1-2H3,(H,18,19)(H2,16,17,20). The third-order valence-electron chi connectivity index (χ3n) is 3.07. The fourth-order valence-corrected chi connectivity index (χ4v) is 1.83. The third-order valence-corrected chi connectivity index (χ3v) is 3.07. The summed E-state index contributed by atoms with van der Waals surface area (Å²) in [4.78, 5) is 22.0. The maximum absolute atomic E-state index is 11.7. The van der Waals surface area contributed by atoms with Crippen molar-refractivity contribution in [2.45, 2.75) is 32.2 Å². The number of carboxylic acid groups (broad SMARTS) is 1. The summed E-state index contributed by atoms with van der Waals surface area (Å²) < 4.78 is 5.08. The Kier molecular flexibility index (Phi) is 7.08. The zero-order chi connectivity index (χ0) is 15.7. The topological polar surface area (TPSA) is 87.7 Å². The lowest BCUT2D eigenvalue weighted by atomic mass is 10.1. The van der Waals surface area contributed by atoms with Gasteiger partial charge in [0.2, 0.25) is 0 Å². The molecule has 0 aliphatic rings. The number of hydrogen-bond donors (Lipinski definition) is 3. The van der Waals surface area contributed by atoms with Crippen LogP contribution >= 0.6 is 0 Å². The van der Waals surface area contributed by atoms with E-state index in [1.54, 1.807) is 7.11 Å². The van der Waals surface area contributed by atoms with Gasteiger partial charge in [0.25, 0.3) is 0 Å². The Labute approximate surface area is 124 Å². The highest BCUT2D eigenvalue weighted by molar-refractivity contribution is 5.74. The van der Waals surface area contributed by atoms with Gasteiger partial charge in [0.05, 0.1) is 13.2 Å². The van der Waals surface area contributed by atoms with Gasteiger partial charge in [-0.2, -0.15) is 0 Å². The molecule has 0 saturated heterocycles. The lowest BCUT2D eigenvalue weighted by molar-refractivity contribution is -0.137. The molecule has 0 saturated carbocycles. The van der Waals surface area contributed by atoms with E-state index < -0.39 is 5.97 Å². The van der Waals surface area contributed by atoms with Crippen molar-refractivity contribution < 1.29 is 19.4 Å². The number of carboxylic acids is 1. The highest BCUT2D eigenvalue weighted by Crippen LogP contribution is 2.16. The summed E-state index contributed by atoms with van der Waals surface area (Å²) in [6.07, 6.45) is 1.34. The summed E-state index contributed by atoms with van der Waals surface area (Å²) in [5.41, 5.74) is 0.983. The molecule has 3 N–H and O–H groups in total. The monoisotopic (exact) mass is 294 g/mol. The van der Waals surface area contributed by atoms with E-state index in [1.165, 1.54) is 0 Å². The smallest absolute Gasteiger partial charge is 0.315 e. The molecule has 0 radical (unpaired) electrons. The van der Waals surface area contributed by atoms with Gasteiger partial charge in [-0.05, 0) is 37.5 Å². The van der Waals surface area contributed by atoms with Gasteiger partial charge < -0.3 is 20.5 Å². The number of methoxy groups -OCH3 is 1. The Bertz CT molecular complexity index is 459. The van der Waals surface area contributed by atoms with Crippen LogP contribution in [0.25, 0.3) is 0 Å². The zero-order valence-corrected chi connectivity index (χ0v) is 12.4. The molecule has 0 heterocycles. The number of carbonyl (C=O) groups excluding carboxylic acids is 1. The molecule has 21 heavy (non-hydrogen) atoms. The Morgan fingerprint density at radius 2 is 1.90 bits per heavy atom. The first-order valence-corrected chi connectivity index (χ1v) is 6.93. The van der Waals surface area contributed by atoms with E-state index in [1.807, 2.05) is 31.2 Å². The summed E-state index contributed by atoms with van der Waals surface area (Å²) in [6, 6.07) is 7.12. The molecule has 0 fully saturated rings. The van der Waals surface area contributed by atoms with Crippen molar-refractivity contribution in [1.29, 1.82) is 0 Å². The first-order valence-electron chi connectivity index (χ1n) is 6.93. The lowest BCUT2D eigenvalue weighted by Gasteiger charge is -2.15. The number of aliphatic carboxylic acids is 1. The van der Waals surface area contributed by atoms with Crippen molar-refractivity contribution in [2.24, 2.45) is 0 Å². The van der Waals surface area contributed by atoms with Crippen LogP contribution in [-0.4, -0.2) is 30.8 Å². The molecule has 0 aromatic heterocycles. The van der Waals surface area contributed by atoms with Crippen LogP contribution in [0.2, 0.25) is 0 Å². The summed E-state index contributed by atoms with van der Waals surface area (Å²) in [7, 11) is 1.61. The summed E-state index contributed by atoms with van der Waals surface area (Å²) in [6.45, 7) is 2.36. The largest absolute Gasteiger partial charge is 0.497 e. The SMILES string of the molecule is COc1ccc(C(C)NC(=O)NCCCCC(=O)O)cc1. The highest BCUT2D eigenvalue weighted by atomic mass is 16.5. The van der Waals surface area contributed by atoms with Crippen LogP contribution in [0.4, 0.5) is 4.79 Å². The van der Waals surface area contributed by atoms with Crippen LogP contribution in [0.1, 0.15) is 37.8 Å². The van der Waals surface area contributed by atoms with Crippen molar-refractivity contribution in [1.82, 2.24) is 10.6 Å². The summed E-state index contributed by atoms with van der Waals surface area (Å²) >= 11 is 0. The van der Waals surface area contributed by atoms with Gasteiger partial charge in [-0.15, -0.1) is 0 Å². The highest BCUT2D eigenvalue weighted by Gasteiger charge is 2.09. The van der Waals surface area contributed by atoms with Gasteiger partial charge in [0.15, 0.2) is 0 Å². The number of hydrogen-bond acceptors (Lipinski definition) is 3. The normalized spacial score (nSPS) is 11.5. The maximum Gasteiger partial charge on any atom is 0.315 e. The molecule has 0 bridgehead atoms. The van der Waals surface area contributed by atoms with E-state index >= 15 is 0 Å². The number of ether oxygens (including phenoxy) is 1. The van der Waals surface area contributed by atoms with Gasteiger partial charge in [0.1, 0.15) is 5.75 Å². The molecule has 1 unspecified atom stereocenters. The van der Waals surface area contributed by atoms with Gasteiger partial charge >= 0.3 is 12.0 Å². The molecule has 1 aromatic rings. The number of rotatable bonds is 8. The molecule has 1 atom stereocenters. The molecule has 116 valence electrons. The predicted molar refractivity (Wildman–Crippen MR) is 79.4 cm³/mol. The third kappa shape index (κ3) is 6.65. The van der Waals surface area contributed by atoms with Gasteiger partial charge in [0, 0.05) is 13.0 Å². The van der Waals surface area contributed by atoms with Crippen molar-refractivity contribution in [2.75, 3.05) is 13.7 Å². The summed E-state index contributed by atoms with van der Waals surface area (Å²) in [5.74, 6) is -0.0404. The minimum absolute atomic E-state index is 0.116. The van der Waals surface area contributed by atoms with Crippen molar-refractivity contribution in [3.63, 3.8) is 0 Å². The first-order chi connectivity index (χ1) is 10.0. The molecular formula is C15H22N2O4. The minimum atomic E-state index is -0.812. The average molecular weight is 294 g/mol. The van der Waals surface area contributed by atoms with Crippen LogP contribution in [0.15, 0.2) is 24.3 Å². The Morgan fingerprint density at radius 3 is 2.48 bits per heavy atom. The Hall–Kier alpha value is -2.24. The lowest BCUT2D eigenvalue weighted by Crippen LogP contribution is -2.37. The molecular weight excluding hydrogens is 272 g/mol. The van der Waals surface area contributed by atoms with E-state index in [0.29, 0.717) is 19.4 Å². The van der Waals surface area contributed by atoms with Crippen molar-refractivity contribution >= 4 is 12.0 Å². The van der Waals surface area contributed by atoms with Gasteiger partial charge in [-0.1, -0.05) is 12.1 Å². The van der Waals surface area contributed by atoms with Crippen LogP contribution < -0.4 is 15.4 Å². The molecule has 0 aliphatic heterocycles. The zero-order valence-electron chi connectivity index (χ0n) is 12.4. The molecule has 6 nitrogen and oxygen atoms in total. The van der Waals surface area contributed by atoms with Gasteiger partial charge in [-0.25, -0.2) is 4.79 Å². The second-order valence-corrected chi connectivity index (χ2v) is 4.75. The molecule has 6 heteroatoms. The first kappa shape index (κ1) is 16.8. The molecule has 1 rings (SSSR count). The number of carbonyl (C=O) groups is 2. The fraction of sp³-hybridized carbons (Fsp3) is 0.467. The van der Waals surface area contributed by atoms with Crippen LogP contribution in [0.5, 0.6) is 5.75 Å². The molecule has 0 spiro atoms. The number of unbranched alkanes of at least 4 members (excludes halogenated alkanes) is 1. The van der Waals surface area contributed by atoms with E-state index in [9.17, 15) is 9.59 Å². The van der Waals surface area contributed by atoms with Crippen LogP contribution in [0, 0.1) is 0 Å².